The maximum Gasteiger partial charge on any atom is 0.262 e. The van der Waals surface area contributed by atoms with Gasteiger partial charge in [-0.1, -0.05) is 0 Å². The van der Waals surface area contributed by atoms with Crippen LogP contribution in [0, 0.1) is 0 Å². The predicted molar refractivity (Wildman–Crippen MR) is 95.8 cm³/mol. The zero-order valence-corrected chi connectivity index (χ0v) is 13.9. The van der Waals surface area contributed by atoms with Gasteiger partial charge in [0.1, 0.15) is 17.5 Å². The molecule has 0 bridgehead atoms. The molecule has 3 aromatic heterocycles. The maximum absolute atomic E-state index is 12.7. The standard InChI is InChI=1S/C17H20N6O/c1-4-23-8-5-12-9-13(21-14-10-18-6-7-19-14)22-16(20-11(2)3)15(12)17(23)24/h5-11H,4H2,1-3H3,(H2,19,20,21,22). The summed E-state index contributed by atoms with van der Waals surface area (Å²) in [6.07, 6.45) is 6.64. The molecule has 7 nitrogen and oxygen atoms in total. The second-order valence-corrected chi connectivity index (χ2v) is 5.74. The Morgan fingerprint density at radius 1 is 1.25 bits per heavy atom. The Bertz CT molecular complexity index is 904. The first-order chi connectivity index (χ1) is 11.6. The molecule has 0 amide bonds. The minimum Gasteiger partial charge on any atom is -0.367 e. The van der Waals surface area contributed by atoms with Crippen molar-refractivity contribution in [1.82, 2.24) is 19.5 Å². The van der Waals surface area contributed by atoms with Crippen LogP contribution in [0.5, 0.6) is 0 Å². The van der Waals surface area contributed by atoms with E-state index in [0.717, 1.165) is 5.39 Å². The van der Waals surface area contributed by atoms with Crippen molar-refractivity contribution in [2.45, 2.75) is 33.4 Å². The number of nitrogens with one attached hydrogen (secondary N) is 2. The van der Waals surface area contributed by atoms with Crippen LogP contribution in [0.4, 0.5) is 17.5 Å². The second kappa shape index (κ2) is 6.66. The average molecular weight is 324 g/mol. The van der Waals surface area contributed by atoms with E-state index in [1.165, 1.54) is 0 Å². The molecule has 0 aliphatic carbocycles. The molecule has 0 fully saturated rings. The summed E-state index contributed by atoms with van der Waals surface area (Å²) >= 11 is 0. The largest absolute Gasteiger partial charge is 0.367 e. The number of fused-ring (bicyclic) bond motifs is 1. The van der Waals surface area contributed by atoms with Crippen LogP contribution in [0.2, 0.25) is 0 Å². The first-order valence-corrected chi connectivity index (χ1v) is 7.92. The topological polar surface area (TPSA) is 84.7 Å². The summed E-state index contributed by atoms with van der Waals surface area (Å²) in [5, 5.41) is 7.81. The molecular formula is C17H20N6O. The number of anilines is 3. The molecule has 0 aliphatic heterocycles. The highest BCUT2D eigenvalue weighted by atomic mass is 16.1. The third-order valence-corrected chi connectivity index (χ3v) is 3.54. The number of nitrogens with zero attached hydrogens (tertiary/aromatic N) is 4. The van der Waals surface area contributed by atoms with Crippen molar-refractivity contribution >= 4 is 28.2 Å². The van der Waals surface area contributed by atoms with E-state index in [9.17, 15) is 4.79 Å². The minimum absolute atomic E-state index is 0.0447. The van der Waals surface area contributed by atoms with Crippen LogP contribution in [0.15, 0.2) is 41.7 Å². The first-order valence-electron chi connectivity index (χ1n) is 7.92. The molecule has 0 radical (unpaired) electrons. The molecule has 3 rings (SSSR count). The summed E-state index contributed by atoms with van der Waals surface area (Å²) in [5.74, 6) is 1.78. The fourth-order valence-corrected chi connectivity index (χ4v) is 2.49. The van der Waals surface area contributed by atoms with Gasteiger partial charge in [-0.05, 0) is 38.3 Å². The summed E-state index contributed by atoms with van der Waals surface area (Å²) < 4.78 is 1.67. The third-order valence-electron chi connectivity index (χ3n) is 3.54. The first kappa shape index (κ1) is 15.9. The zero-order chi connectivity index (χ0) is 17.1. The Morgan fingerprint density at radius 3 is 2.75 bits per heavy atom. The highest BCUT2D eigenvalue weighted by Gasteiger charge is 2.12. The molecule has 0 saturated carbocycles. The van der Waals surface area contributed by atoms with E-state index in [0.29, 0.717) is 29.4 Å². The summed E-state index contributed by atoms with van der Waals surface area (Å²) in [7, 11) is 0. The van der Waals surface area contributed by atoms with E-state index in [4.69, 9.17) is 0 Å². The lowest BCUT2D eigenvalue weighted by molar-refractivity contribution is 0.734. The van der Waals surface area contributed by atoms with Crippen LogP contribution >= 0.6 is 0 Å². The fourth-order valence-electron chi connectivity index (χ4n) is 2.49. The minimum atomic E-state index is -0.0447. The van der Waals surface area contributed by atoms with Crippen LogP contribution in [-0.4, -0.2) is 25.6 Å². The number of hydrogen-bond acceptors (Lipinski definition) is 6. The summed E-state index contributed by atoms with van der Waals surface area (Å²) in [6.45, 7) is 6.59. The van der Waals surface area contributed by atoms with Crippen LogP contribution in [0.3, 0.4) is 0 Å². The van der Waals surface area contributed by atoms with E-state index in [1.54, 1.807) is 29.4 Å². The van der Waals surface area contributed by atoms with E-state index in [1.807, 2.05) is 32.9 Å². The molecule has 7 heteroatoms. The number of aromatic nitrogens is 4. The number of aryl methyl sites for hydroxylation is 1. The lowest BCUT2D eigenvalue weighted by atomic mass is 10.2. The van der Waals surface area contributed by atoms with Gasteiger partial charge in [0.15, 0.2) is 0 Å². The van der Waals surface area contributed by atoms with Crippen LogP contribution < -0.4 is 16.2 Å². The van der Waals surface area contributed by atoms with Crippen molar-refractivity contribution < 1.29 is 0 Å². The SMILES string of the molecule is CCn1ccc2cc(Nc3cnccn3)nc(NC(C)C)c2c1=O. The van der Waals surface area contributed by atoms with Gasteiger partial charge in [0, 0.05) is 31.2 Å². The number of rotatable bonds is 5. The van der Waals surface area contributed by atoms with E-state index in [2.05, 4.69) is 25.6 Å². The molecule has 24 heavy (non-hydrogen) atoms. The molecule has 0 aliphatic rings. The molecule has 0 saturated heterocycles. The van der Waals surface area contributed by atoms with Gasteiger partial charge in [-0.2, -0.15) is 0 Å². The number of hydrogen-bond donors (Lipinski definition) is 2. The Balaban J connectivity index is 2.14. The van der Waals surface area contributed by atoms with Gasteiger partial charge < -0.3 is 15.2 Å². The predicted octanol–water partition coefficient (Wildman–Crippen LogP) is 2.77. The Hall–Kier alpha value is -2.96. The summed E-state index contributed by atoms with van der Waals surface area (Å²) in [4.78, 5) is 25.5. The monoisotopic (exact) mass is 324 g/mol. The molecule has 124 valence electrons. The Kier molecular flexibility index (Phi) is 4.41. The van der Waals surface area contributed by atoms with Crippen LogP contribution in [-0.2, 0) is 6.54 Å². The average Bonchev–Trinajstić information content (AvgIpc) is 2.55. The van der Waals surface area contributed by atoms with Gasteiger partial charge >= 0.3 is 0 Å². The molecule has 2 N–H and O–H groups in total. The summed E-state index contributed by atoms with van der Waals surface area (Å²) in [5.41, 5.74) is -0.0447. The molecule has 3 aromatic rings. The van der Waals surface area contributed by atoms with E-state index in [-0.39, 0.29) is 11.6 Å². The van der Waals surface area contributed by atoms with Crippen LogP contribution in [0.1, 0.15) is 20.8 Å². The Morgan fingerprint density at radius 2 is 2.08 bits per heavy atom. The Labute approximate surface area is 139 Å². The molecule has 0 aromatic carbocycles. The molecular weight excluding hydrogens is 304 g/mol. The maximum atomic E-state index is 12.7. The fraction of sp³-hybridized carbons (Fsp3) is 0.294. The highest BCUT2D eigenvalue weighted by Crippen LogP contribution is 2.24. The van der Waals surface area contributed by atoms with Gasteiger partial charge in [0.25, 0.3) is 5.56 Å². The molecule has 0 atom stereocenters. The van der Waals surface area contributed by atoms with Crippen LogP contribution in [0.25, 0.3) is 10.8 Å². The smallest absolute Gasteiger partial charge is 0.262 e. The van der Waals surface area contributed by atoms with Gasteiger partial charge in [-0.3, -0.25) is 9.78 Å². The van der Waals surface area contributed by atoms with E-state index >= 15 is 0 Å². The van der Waals surface area contributed by atoms with Gasteiger partial charge in [-0.25, -0.2) is 9.97 Å². The summed E-state index contributed by atoms with van der Waals surface area (Å²) in [6, 6.07) is 3.92. The lowest BCUT2D eigenvalue weighted by Crippen LogP contribution is -2.21. The lowest BCUT2D eigenvalue weighted by Gasteiger charge is -2.15. The quantitative estimate of drug-likeness (QED) is 0.751. The molecule has 0 spiro atoms. The van der Waals surface area contributed by atoms with Gasteiger partial charge in [0.05, 0.1) is 11.6 Å². The number of pyridine rings is 2. The molecule has 0 unspecified atom stereocenters. The zero-order valence-electron chi connectivity index (χ0n) is 13.9. The van der Waals surface area contributed by atoms with E-state index < -0.39 is 0 Å². The van der Waals surface area contributed by atoms with Gasteiger partial charge in [0.2, 0.25) is 0 Å². The molecule has 3 heterocycles. The highest BCUT2D eigenvalue weighted by molar-refractivity contribution is 5.93. The normalized spacial score (nSPS) is 11.0. The van der Waals surface area contributed by atoms with Crippen molar-refractivity contribution in [3.8, 4) is 0 Å². The van der Waals surface area contributed by atoms with Gasteiger partial charge in [-0.15, -0.1) is 0 Å². The van der Waals surface area contributed by atoms with Crippen molar-refractivity contribution in [3.05, 3.63) is 47.3 Å². The van der Waals surface area contributed by atoms with Crippen molar-refractivity contribution in [2.24, 2.45) is 0 Å². The van der Waals surface area contributed by atoms with Crippen molar-refractivity contribution in [1.29, 1.82) is 0 Å². The van der Waals surface area contributed by atoms with Crippen molar-refractivity contribution in [3.63, 3.8) is 0 Å². The second-order valence-electron chi connectivity index (χ2n) is 5.74. The third kappa shape index (κ3) is 3.19. The van der Waals surface area contributed by atoms with Crippen molar-refractivity contribution in [2.75, 3.05) is 10.6 Å².